The van der Waals surface area contributed by atoms with E-state index in [0.29, 0.717) is 0 Å². The number of aromatic nitrogens is 3. The second kappa shape index (κ2) is 12.9. The molecule has 0 aliphatic carbocycles. The number of nitrogens with zero attached hydrogens (tertiary/aromatic N) is 3. The molecule has 0 atom stereocenters. The highest BCUT2D eigenvalue weighted by Crippen LogP contribution is 2.36. The Morgan fingerprint density at radius 1 is 0.321 bits per heavy atom. The Kier molecular flexibility index (Phi) is 7.47. The summed E-state index contributed by atoms with van der Waals surface area (Å²) in [5.41, 5.74) is 13.3. The number of hydrogen-bond acceptors (Lipinski definition) is 2. The normalized spacial score (nSPS) is 11.4. The Hall–Kier alpha value is -7.10. The summed E-state index contributed by atoms with van der Waals surface area (Å²) in [4.78, 5) is 10.00. The molecule has 2 heterocycles. The summed E-state index contributed by atoms with van der Waals surface area (Å²) in [7, 11) is 0. The standard InChI is InChI=1S/C50H33N3/c1-3-12-37(13-4-1)46-33-47(52-50(51-46)39-14-5-2-6-15-39)38-25-22-36(23-26-38)42-19-11-16-35-24-27-40(32-45(35)42)34-28-30-41(31-29-34)53-48-20-9-7-17-43(48)44-18-8-10-21-49(44)53/h1-33H. The molecule has 0 bridgehead atoms. The van der Waals surface area contributed by atoms with Gasteiger partial charge in [0.15, 0.2) is 5.82 Å². The SMILES string of the molecule is c1ccc(-c2cc(-c3ccc(-c4cccc5ccc(-c6ccc(-n7c8ccccc8c8ccccc87)cc6)cc45)cc3)nc(-c3ccccc3)n2)cc1. The Labute approximate surface area is 308 Å². The van der Waals surface area contributed by atoms with Gasteiger partial charge in [0.05, 0.1) is 22.4 Å². The van der Waals surface area contributed by atoms with Crippen molar-refractivity contribution in [1.29, 1.82) is 0 Å². The summed E-state index contributed by atoms with van der Waals surface area (Å²) >= 11 is 0. The molecule has 3 nitrogen and oxygen atoms in total. The molecule has 10 aromatic rings. The topological polar surface area (TPSA) is 30.7 Å². The van der Waals surface area contributed by atoms with Crippen LogP contribution in [0.5, 0.6) is 0 Å². The van der Waals surface area contributed by atoms with Crippen LogP contribution in [0.25, 0.3) is 94.4 Å². The third kappa shape index (κ3) is 5.56. The molecule has 8 aromatic carbocycles. The van der Waals surface area contributed by atoms with Crippen LogP contribution in [-0.4, -0.2) is 14.5 Å². The first kappa shape index (κ1) is 30.7. The second-order valence-electron chi connectivity index (χ2n) is 13.4. The molecule has 0 aliphatic heterocycles. The lowest BCUT2D eigenvalue weighted by atomic mass is 9.94. The molecule has 0 amide bonds. The Balaban J connectivity index is 1.00. The van der Waals surface area contributed by atoms with Gasteiger partial charge in [-0.15, -0.1) is 0 Å². The van der Waals surface area contributed by atoms with Gasteiger partial charge < -0.3 is 4.57 Å². The Morgan fingerprint density at radius 2 is 0.849 bits per heavy atom. The highest BCUT2D eigenvalue weighted by atomic mass is 15.0. The van der Waals surface area contributed by atoms with Gasteiger partial charge in [0.25, 0.3) is 0 Å². The van der Waals surface area contributed by atoms with E-state index in [4.69, 9.17) is 9.97 Å². The van der Waals surface area contributed by atoms with Crippen LogP contribution in [0.4, 0.5) is 0 Å². The fraction of sp³-hybridized carbons (Fsp3) is 0. The molecule has 0 unspecified atom stereocenters. The van der Waals surface area contributed by atoms with Crippen LogP contribution in [0.3, 0.4) is 0 Å². The van der Waals surface area contributed by atoms with Crippen molar-refractivity contribution in [2.24, 2.45) is 0 Å². The summed E-state index contributed by atoms with van der Waals surface area (Å²) in [6.45, 7) is 0. The monoisotopic (exact) mass is 675 g/mol. The van der Waals surface area contributed by atoms with Crippen molar-refractivity contribution in [3.8, 4) is 61.8 Å². The van der Waals surface area contributed by atoms with Gasteiger partial charge in [0.2, 0.25) is 0 Å². The van der Waals surface area contributed by atoms with E-state index in [2.05, 4.69) is 168 Å². The minimum Gasteiger partial charge on any atom is -0.309 e. The van der Waals surface area contributed by atoms with Crippen LogP contribution in [0.15, 0.2) is 200 Å². The maximum Gasteiger partial charge on any atom is 0.160 e. The molecule has 248 valence electrons. The number of benzene rings is 8. The molecule has 3 heteroatoms. The molecule has 0 saturated heterocycles. The van der Waals surface area contributed by atoms with Gasteiger partial charge in [-0.3, -0.25) is 0 Å². The fourth-order valence-corrected chi connectivity index (χ4v) is 7.60. The molecule has 53 heavy (non-hydrogen) atoms. The summed E-state index contributed by atoms with van der Waals surface area (Å²) < 4.78 is 2.36. The predicted octanol–water partition coefficient (Wildman–Crippen LogP) is 13.1. The first-order valence-electron chi connectivity index (χ1n) is 18.0. The van der Waals surface area contributed by atoms with Crippen molar-refractivity contribution in [2.45, 2.75) is 0 Å². The first-order chi connectivity index (χ1) is 26.3. The molecular weight excluding hydrogens is 643 g/mol. The largest absolute Gasteiger partial charge is 0.309 e. The van der Waals surface area contributed by atoms with Crippen molar-refractivity contribution in [2.75, 3.05) is 0 Å². The lowest BCUT2D eigenvalue weighted by molar-refractivity contribution is 1.18. The van der Waals surface area contributed by atoms with E-state index < -0.39 is 0 Å². The zero-order valence-electron chi connectivity index (χ0n) is 28.9. The first-order valence-corrected chi connectivity index (χ1v) is 18.0. The highest BCUT2D eigenvalue weighted by molar-refractivity contribution is 6.09. The average Bonchev–Trinajstić information content (AvgIpc) is 3.58. The van der Waals surface area contributed by atoms with Crippen LogP contribution in [0.1, 0.15) is 0 Å². The van der Waals surface area contributed by atoms with Crippen molar-refractivity contribution < 1.29 is 0 Å². The van der Waals surface area contributed by atoms with Crippen molar-refractivity contribution in [3.05, 3.63) is 200 Å². The van der Waals surface area contributed by atoms with Crippen LogP contribution >= 0.6 is 0 Å². The molecule has 0 saturated carbocycles. The van der Waals surface area contributed by atoms with E-state index in [0.717, 1.165) is 39.6 Å². The summed E-state index contributed by atoms with van der Waals surface area (Å²) in [5.74, 6) is 0.718. The van der Waals surface area contributed by atoms with E-state index in [-0.39, 0.29) is 0 Å². The quantitative estimate of drug-likeness (QED) is 0.176. The zero-order chi connectivity index (χ0) is 35.1. The Bertz CT molecular complexity index is 2800. The van der Waals surface area contributed by atoms with Gasteiger partial charge in [-0.2, -0.15) is 0 Å². The van der Waals surface area contributed by atoms with E-state index in [9.17, 15) is 0 Å². The van der Waals surface area contributed by atoms with E-state index in [1.54, 1.807) is 0 Å². The second-order valence-corrected chi connectivity index (χ2v) is 13.4. The fourth-order valence-electron chi connectivity index (χ4n) is 7.60. The molecular formula is C50H33N3. The molecule has 0 spiro atoms. The van der Waals surface area contributed by atoms with E-state index in [1.807, 2.05) is 36.4 Å². The van der Waals surface area contributed by atoms with Gasteiger partial charge in [0, 0.05) is 33.2 Å². The molecule has 2 aromatic heterocycles. The van der Waals surface area contributed by atoms with Crippen molar-refractivity contribution in [3.63, 3.8) is 0 Å². The average molecular weight is 676 g/mol. The summed E-state index contributed by atoms with van der Waals surface area (Å²) in [6, 6.07) is 71.0. The Morgan fingerprint density at radius 3 is 1.51 bits per heavy atom. The number of rotatable bonds is 6. The summed E-state index contributed by atoms with van der Waals surface area (Å²) in [6.07, 6.45) is 0. The predicted molar refractivity (Wildman–Crippen MR) is 221 cm³/mol. The minimum atomic E-state index is 0.718. The third-order valence-corrected chi connectivity index (χ3v) is 10.2. The van der Waals surface area contributed by atoms with Crippen molar-refractivity contribution in [1.82, 2.24) is 14.5 Å². The van der Waals surface area contributed by atoms with Crippen molar-refractivity contribution >= 4 is 32.6 Å². The summed E-state index contributed by atoms with van der Waals surface area (Å²) in [5, 5.41) is 4.98. The lowest BCUT2D eigenvalue weighted by Crippen LogP contribution is -1.95. The van der Waals surface area contributed by atoms with Gasteiger partial charge in [-0.25, -0.2) is 9.97 Å². The molecule has 0 fully saturated rings. The van der Waals surface area contributed by atoms with Gasteiger partial charge >= 0.3 is 0 Å². The third-order valence-electron chi connectivity index (χ3n) is 10.2. The number of fused-ring (bicyclic) bond motifs is 4. The molecule has 0 N–H and O–H groups in total. The van der Waals surface area contributed by atoms with Crippen LogP contribution in [0.2, 0.25) is 0 Å². The maximum absolute atomic E-state index is 5.04. The molecule has 0 aliphatic rings. The van der Waals surface area contributed by atoms with Crippen LogP contribution in [-0.2, 0) is 0 Å². The van der Waals surface area contributed by atoms with Crippen LogP contribution < -0.4 is 0 Å². The smallest absolute Gasteiger partial charge is 0.160 e. The molecule has 0 radical (unpaired) electrons. The van der Waals surface area contributed by atoms with Crippen LogP contribution in [0, 0.1) is 0 Å². The van der Waals surface area contributed by atoms with E-state index >= 15 is 0 Å². The number of para-hydroxylation sites is 2. The van der Waals surface area contributed by atoms with E-state index in [1.165, 1.54) is 54.8 Å². The number of hydrogen-bond donors (Lipinski definition) is 0. The van der Waals surface area contributed by atoms with Gasteiger partial charge in [0.1, 0.15) is 0 Å². The minimum absolute atomic E-state index is 0.718. The highest BCUT2D eigenvalue weighted by Gasteiger charge is 2.14. The maximum atomic E-state index is 5.04. The molecule has 10 rings (SSSR count). The van der Waals surface area contributed by atoms with Gasteiger partial charge in [-0.1, -0.05) is 164 Å². The zero-order valence-corrected chi connectivity index (χ0v) is 28.9. The lowest BCUT2D eigenvalue weighted by Gasteiger charge is -2.12. The van der Waals surface area contributed by atoms with Gasteiger partial charge in [-0.05, 0) is 69.4 Å².